The maximum atomic E-state index is 13.1. The standard InChI is InChI=1S/C25H28N4O5/c1-16(2)13-28(20(30)15-34-24(32)19-11-7-8-17(3)12-19)21-22(26)29(25(33)27-23(21)31)14-18-9-5-4-6-10-18/h4-12,16H,13-15,26H2,1-3H3,(H,27,31,33). The molecule has 2 aromatic carbocycles. The number of carbonyl (C=O) groups is 2. The van der Waals surface area contributed by atoms with Gasteiger partial charge in [0.2, 0.25) is 0 Å². The maximum absolute atomic E-state index is 13.1. The molecule has 34 heavy (non-hydrogen) atoms. The molecule has 0 aliphatic carbocycles. The summed E-state index contributed by atoms with van der Waals surface area (Å²) in [5.74, 6) is -1.46. The molecular weight excluding hydrogens is 436 g/mol. The smallest absolute Gasteiger partial charge is 0.338 e. The number of amides is 1. The van der Waals surface area contributed by atoms with Crippen LogP contribution in [-0.2, 0) is 16.1 Å². The Morgan fingerprint density at radius 1 is 1.09 bits per heavy atom. The fourth-order valence-corrected chi connectivity index (χ4v) is 3.50. The number of aromatic amines is 1. The van der Waals surface area contributed by atoms with Crippen molar-refractivity contribution in [1.82, 2.24) is 9.55 Å². The number of benzene rings is 2. The van der Waals surface area contributed by atoms with Crippen LogP contribution in [0.25, 0.3) is 0 Å². The Balaban J connectivity index is 1.91. The van der Waals surface area contributed by atoms with Crippen LogP contribution >= 0.6 is 0 Å². The summed E-state index contributed by atoms with van der Waals surface area (Å²) >= 11 is 0. The van der Waals surface area contributed by atoms with Crippen LogP contribution in [0.5, 0.6) is 0 Å². The van der Waals surface area contributed by atoms with Crippen LogP contribution in [0.4, 0.5) is 11.5 Å². The summed E-state index contributed by atoms with van der Waals surface area (Å²) < 4.78 is 6.41. The lowest BCUT2D eigenvalue weighted by molar-refractivity contribution is -0.121. The molecule has 3 rings (SSSR count). The third-order valence-electron chi connectivity index (χ3n) is 5.10. The van der Waals surface area contributed by atoms with Crippen molar-refractivity contribution in [2.45, 2.75) is 27.3 Å². The number of carbonyl (C=O) groups excluding carboxylic acids is 2. The first-order valence-corrected chi connectivity index (χ1v) is 10.9. The summed E-state index contributed by atoms with van der Waals surface area (Å²) in [6.07, 6.45) is 0. The van der Waals surface area contributed by atoms with Crippen molar-refractivity contribution in [2.24, 2.45) is 5.92 Å². The number of H-pyrrole nitrogens is 1. The molecule has 0 atom stereocenters. The van der Waals surface area contributed by atoms with E-state index in [0.29, 0.717) is 5.56 Å². The van der Waals surface area contributed by atoms with Crippen molar-refractivity contribution in [3.8, 4) is 0 Å². The molecule has 0 spiro atoms. The van der Waals surface area contributed by atoms with Crippen LogP contribution in [-0.4, -0.2) is 34.6 Å². The molecule has 1 amide bonds. The summed E-state index contributed by atoms with van der Waals surface area (Å²) in [5, 5.41) is 0. The molecule has 1 heterocycles. The number of nitrogens with one attached hydrogen (secondary N) is 1. The highest BCUT2D eigenvalue weighted by Gasteiger charge is 2.26. The van der Waals surface area contributed by atoms with Gasteiger partial charge < -0.3 is 15.4 Å². The molecule has 9 heteroatoms. The van der Waals surface area contributed by atoms with Gasteiger partial charge in [0.05, 0.1) is 12.1 Å². The lowest BCUT2D eigenvalue weighted by atomic mass is 10.1. The number of anilines is 2. The van der Waals surface area contributed by atoms with Gasteiger partial charge in [-0.1, -0.05) is 61.9 Å². The highest BCUT2D eigenvalue weighted by molar-refractivity contribution is 5.98. The molecule has 0 unspecified atom stereocenters. The van der Waals surface area contributed by atoms with Gasteiger partial charge >= 0.3 is 11.7 Å². The van der Waals surface area contributed by atoms with E-state index in [4.69, 9.17) is 10.5 Å². The summed E-state index contributed by atoms with van der Waals surface area (Å²) in [5.41, 5.74) is 6.62. The molecule has 0 aliphatic rings. The molecule has 0 fully saturated rings. The molecule has 178 valence electrons. The average molecular weight is 465 g/mol. The lowest BCUT2D eigenvalue weighted by Gasteiger charge is -2.26. The normalized spacial score (nSPS) is 10.8. The largest absolute Gasteiger partial charge is 0.452 e. The molecule has 3 aromatic rings. The quantitative estimate of drug-likeness (QED) is 0.493. The molecule has 0 bridgehead atoms. The second-order valence-electron chi connectivity index (χ2n) is 8.41. The van der Waals surface area contributed by atoms with Crippen molar-refractivity contribution in [3.63, 3.8) is 0 Å². The number of esters is 1. The number of nitrogens with two attached hydrogens (primary N) is 1. The Kier molecular flexibility index (Phi) is 7.68. The second kappa shape index (κ2) is 10.7. The molecule has 3 N–H and O–H groups in total. The fourth-order valence-electron chi connectivity index (χ4n) is 3.50. The summed E-state index contributed by atoms with van der Waals surface area (Å²) in [6, 6.07) is 15.9. The molecule has 9 nitrogen and oxygen atoms in total. The van der Waals surface area contributed by atoms with Gasteiger partial charge in [0.1, 0.15) is 5.82 Å². The highest BCUT2D eigenvalue weighted by Crippen LogP contribution is 2.20. The zero-order valence-electron chi connectivity index (χ0n) is 19.4. The van der Waals surface area contributed by atoms with E-state index < -0.39 is 29.7 Å². The minimum atomic E-state index is -0.786. The molecule has 0 aliphatic heterocycles. The van der Waals surface area contributed by atoms with Crippen molar-refractivity contribution >= 4 is 23.4 Å². The highest BCUT2D eigenvalue weighted by atomic mass is 16.5. The zero-order chi connectivity index (χ0) is 24.8. The lowest BCUT2D eigenvalue weighted by Crippen LogP contribution is -2.44. The number of nitrogen functional groups attached to an aromatic ring is 1. The number of nitrogens with zero attached hydrogens (tertiary/aromatic N) is 2. The third kappa shape index (κ3) is 5.80. The van der Waals surface area contributed by atoms with Crippen LogP contribution in [0.3, 0.4) is 0 Å². The minimum Gasteiger partial charge on any atom is -0.452 e. The Morgan fingerprint density at radius 3 is 2.44 bits per heavy atom. The molecule has 1 aromatic heterocycles. The molecular formula is C25H28N4O5. The summed E-state index contributed by atoms with van der Waals surface area (Å²) in [4.78, 5) is 54.1. The van der Waals surface area contributed by atoms with Crippen molar-refractivity contribution < 1.29 is 14.3 Å². The number of ether oxygens (including phenoxy) is 1. The fraction of sp³-hybridized carbons (Fsp3) is 0.280. The van der Waals surface area contributed by atoms with Gasteiger partial charge in [-0.15, -0.1) is 0 Å². The van der Waals surface area contributed by atoms with E-state index in [-0.39, 0.29) is 30.5 Å². The van der Waals surface area contributed by atoms with Crippen molar-refractivity contribution in [3.05, 3.63) is 92.1 Å². The number of hydrogen-bond donors (Lipinski definition) is 2. The van der Waals surface area contributed by atoms with Crippen molar-refractivity contribution in [2.75, 3.05) is 23.8 Å². The van der Waals surface area contributed by atoms with E-state index in [1.165, 1.54) is 9.47 Å². The van der Waals surface area contributed by atoms with Crippen LogP contribution in [0.15, 0.2) is 64.2 Å². The first-order chi connectivity index (χ1) is 16.2. The third-order valence-corrected chi connectivity index (χ3v) is 5.10. The first-order valence-electron chi connectivity index (χ1n) is 10.9. The van der Waals surface area contributed by atoms with E-state index in [9.17, 15) is 19.2 Å². The van der Waals surface area contributed by atoms with E-state index in [2.05, 4.69) is 4.98 Å². The monoisotopic (exact) mass is 464 g/mol. The van der Waals surface area contributed by atoms with Gasteiger partial charge in [-0.2, -0.15) is 0 Å². The maximum Gasteiger partial charge on any atom is 0.338 e. The van der Waals surface area contributed by atoms with Gasteiger partial charge in [-0.05, 0) is 30.5 Å². The van der Waals surface area contributed by atoms with E-state index >= 15 is 0 Å². The predicted octanol–water partition coefficient (Wildman–Crippen LogP) is 2.32. The van der Waals surface area contributed by atoms with Gasteiger partial charge in [-0.3, -0.25) is 19.1 Å². The number of rotatable bonds is 8. The first kappa shape index (κ1) is 24.5. The van der Waals surface area contributed by atoms with Crippen LogP contribution in [0.2, 0.25) is 0 Å². The number of aromatic nitrogens is 2. The average Bonchev–Trinajstić information content (AvgIpc) is 2.79. The zero-order valence-corrected chi connectivity index (χ0v) is 19.4. The second-order valence-corrected chi connectivity index (χ2v) is 8.41. The van der Waals surface area contributed by atoms with Crippen LogP contribution < -0.4 is 21.9 Å². The predicted molar refractivity (Wildman–Crippen MR) is 130 cm³/mol. The van der Waals surface area contributed by atoms with E-state index in [0.717, 1.165) is 11.1 Å². The van der Waals surface area contributed by atoms with Gasteiger partial charge in [0.25, 0.3) is 11.5 Å². The minimum absolute atomic E-state index is 0.0373. The van der Waals surface area contributed by atoms with Crippen molar-refractivity contribution in [1.29, 1.82) is 0 Å². The molecule has 0 saturated heterocycles. The van der Waals surface area contributed by atoms with Crippen LogP contribution in [0.1, 0.15) is 35.3 Å². The Hall–Kier alpha value is -4.14. The summed E-state index contributed by atoms with van der Waals surface area (Å²) in [7, 11) is 0. The topological polar surface area (TPSA) is 127 Å². The molecule has 0 saturated carbocycles. The SMILES string of the molecule is Cc1cccc(C(=O)OCC(=O)N(CC(C)C)c2c(N)n(Cc3ccccc3)c(=O)[nH]c2=O)c1. The Morgan fingerprint density at radius 2 is 1.79 bits per heavy atom. The summed E-state index contributed by atoms with van der Waals surface area (Å²) in [6.45, 7) is 5.23. The van der Waals surface area contributed by atoms with Gasteiger partial charge in [0, 0.05) is 6.54 Å². The van der Waals surface area contributed by atoms with Gasteiger partial charge in [-0.25, -0.2) is 9.59 Å². The number of hydrogen-bond acceptors (Lipinski definition) is 6. The Bertz CT molecular complexity index is 1290. The Labute approximate surface area is 196 Å². The van der Waals surface area contributed by atoms with E-state index in [1.807, 2.05) is 57.2 Å². The number of aryl methyl sites for hydroxylation is 1. The van der Waals surface area contributed by atoms with Gasteiger partial charge in [0.15, 0.2) is 12.3 Å². The molecule has 0 radical (unpaired) electrons. The van der Waals surface area contributed by atoms with Crippen LogP contribution in [0, 0.1) is 12.8 Å². The van der Waals surface area contributed by atoms with E-state index in [1.54, 1.807) is 18.2 Å².